The van der Waals surface area contributed by atoms with Gasteiger partial charge in [0.05, 0.1) is 5.60 Å². The van der Waals surface area contributed by atoms with Crippen LogP contribution in [-0.2, 0) is 11.3 Å². The summed E-state index contributed by atoms with van der Waals surface area (Å²) in [7, 11) is 5.68. The van der Waals surface area contributed by atoms with Gasteiger partial charge in [0, 0.05) is 53.6 Å². The normalized spacial score (nSPS) is 26.1. The van der Waals surface area contributed by atoms with E-state index in [2.05, 4.69) is 28.9 Å². The molecule has 0 amide bonds. The molecule has 0 aromatic carbocycles. The lowest BCUT2D eigenvalue weighted by Gasteiger charge is -2.43. The average molecular weight is 307 g/mol. The van der Waals surface area contributed by atoms with Crippen molar-refractivity contribution in [3.05, 3.63) is 23.9 Å². The van der Waals surface area contributed by atoms with Crippen molar-refractivity contribution in [2.75, 3.05) is 45.8 Å². The maximum absolute atomic E-state index is 10.7. The van der Waals surface area contributed by atoms with Gasteiger partial charge in [-0.3, -0.25) is 4.90 Å². The molecule has 1 aliphatic heterocycles. The monoisotopic (exact) mass is 307 g/mol. The highest BCUT2D eigenvalue weighted by Crippen LogP contribution is 2.31. The van der Waals surface area contributed by atoms with Crippen LogP contribution in [0.15, 0.2) is 18.3 Å². The molecular weight excluding hydrogens is 278 g/mol. The first-order valence-electron chi connectivity index (χ1n) is 8.00. The van der Waals surface area contributed by atoms with E-state index in [1.165, 1.54) is 5.56 Å². The molecule has 1 fully saturated rings. The predicted molar refractivity (Wildman–Crippen MR) is 89.1 cm³/mol. The van der Waals surface area contributed by atoms with E-state index in [0.29, 0.717) is 6.61 Å². The Balaban J connectivity index is 1.90. The Bertz CT molecular complexity index is 463. The van der Waals surface area contributed by atoms with Crippen molar-refractivity contribution < 1.29 is 9.84 Å². The number of ether oxygens (including phenoxy) is 1. The van der Waals surface area contributed by atoms with Crippen molar-refractivity contribution in [2.45, 2.75) is 31.9 Å². The van der Waals surface area contributed by atoms with Crippen LogP contribution < -0.4 is 4.90 Å². The van der Waals surface area contributed by atoms with Gasteiger partial charge in [-0.25, -0.2) is 4.98 Å². The molecular formula is C17H29N3O2. The van der Waals surface area contributed by atoms with Gasteiger partial charge in [-0.15, -0.1) is 0 Å². The van der Waals surface area contributed by atoms with E-state index in [-0.39, 0.29) is 5.92 Å². The number of hydrogen-bond donors (Lipinski definition) is 1. The fourth-order valence-corrected chi connectivity index (χ4v) is 3.07. The summed E-state index contributed by atoms with van der Waals surface area (Å²) < 4.78 is 5.13. The minimum Gasteiger partial charge on any atom is -0.389 e. The molecule has 124 valence electrons. The summed E-state index contributed by atoms with van der Waals surface area (Å²) >= 11 is 0. The number of piperidine rings is 1. The first-order chi connectivity index (χ1) is 10.4. The van der Waals surface area contributed by atoms with E-state index in [0.717, 1.165) is 38.3 Å². The van der Waals surface area contributed by atoms with Gasteiger partial charge < -0.3 is 14.7 Å². The Morgan fingerprint density at radius 3 is 2.77 bits per heavy atom. The van der Waals surface area contributed by atoms with Crippen LogP contribution in [-0.4, -0.2) is 61.5 Å². The van der Waals surface area contributed by atoms with Crippen LogP contribution in [0.3, 0.4) is 0 Å². The number of methoxy groups -OCH3 is 1. The topological polar surface area (TPSA) is 48.8 Å². The summed E-state index contributed by atoms with van der Waals surface area (Å²) in [5.41, 5.74) is 0.639. The van der Waals surface area contributed by atoms with Crippen LogP contribution in [0.5, 0.6) is 0 Å². The summed E-state index contributed by atoms with van der Waals surface area (Å²) in [5, 5.41) is 10.7. The van der Waals surface area contributed by atoms with Crippen molar-refractivity contribution in [2.24, 2.45) is 5.92 Å². The smallest absolute Gasteiger partial charge is 0.127 e. The molecule has 5 nitrogen and oxygen atoms in total. The SMILES string of the molecule is COCC[C@]1(O)CCN(Cc2ccc(N(C)C)nc2)C[C@H]1C. The highest BCUT2D eigenvalue weighted by atomic mass is 16.5. The summed E-state index contributed by atoms with van der Waals surface area (Å²) in [6, 6.07) is 4.19. The molecule has 2 rings (SSSR count). The highest BCUT2D eigenvalue weighted by Gasteiger charge is 2.38. The first-order valence-corrected chi connectivity index (χ1v) is 8.00. The van der Waals surface area contributed by atoms with Crippen molar-refractivity contribution in [3.63, 3.8) is 0 Å². The van der Waals surface area contributed by atoms with Gasteiger partial charge in [0.25, 0.3) is 0 Å². The second-order valence-corrected chi connectivity index (χ2v) is 6.65. The third-order valence-electron chi connectivity index (χ3n) is 4.72. The van der Waals surface area contributed by atoms with Crippen LogP contribution in [0, 0.1) is 5.92 Å². The van der Waals surface area contributed by atoms with Crippen LogP contribution in [0.4, 0.5) is 5.82 Å². The fourth-order valence-electron chi connectivity index (χ4n) is 3.07. The maximum atomic E-state index is 10.7. The zero-order valence-electron chi connectivity index (χ0n) is 14.2. The molecule has 2 heterocycles. The maximum Gasteiger partial charge on any atom is 0.127 e. The predicted octanol–water partition coefficient (Wildman–Crippen LogP) is 1.76. The van der Waals surface area contributed by atoms with E-state index in [1.807, 2.05) is 25.2 Å². The summed E-state index contributed by atoms with van der Waals surface area (Å²) in [5.74, 6) is 1.23. The zero-order valence-corrected chi connectivity index (χ0v) is 14.2. The number of aromatic nitrogens is 1. The van der Waals surface area contributed by atoms with Crippen LogP contribution in [0.2, 0.25) is 0 Å². The first kappa shape index (κ1) is 17.2. The second-order valence-electron chi connectivity index (χ2n) is 6.65. The molecule has 0 radical (unpaired) electrons. The van der Waals surface area contributed by atoms with E-state index < -0.39 is 5.60 Å². The van der Waals surface area contributed by atoms with Gasteiger partial charge in [0.2, 0.25) is 0 Å². The van der Waals surface area contributed by atoms with Gasteiger partial charge >= 0.3 is 0 Å². The lowest BCUT2D eigenvalue weighted by molar-refractivity contribution is -0.0827. The molecule has 22 heavy (non-hydrogen) atoms. The van der Waals surface area contributed by atoms with E-state index >= 15 is 0 Å². The van der Waals surface area contributed by atoms with Crippen molar-refractivity contribution in [3.8, 4) is 0 Å². The van der Waals surface area contributed by atoms with Crippen LogP contribution >= 0.6 is 0 Å². The molecule has 1 saturated heterocycles. The van der Waals surface area contributed by atoms with Crippen molar-refractivity contribution in [1.82, 2.24) is 9.88 Å². The Morgan fingerprint density at radius 2 is 2.23 bits per heavy atom. The molecule has 1 N–H and O–H groups in total. The van der Waals surface area contributed by atoms with E-state index in [1.54, 1.807) is 7.11 Å². The average Bonchev–Trinajstić information content (AvgIpc) is 2.50. The highest BCUT2D eigenvalue weighted by molar-refractivity contribution is 5.37. The molecule has 0 unspecified atom stereocenters. The molecule has 1 aromatic rings. The van der Waals surface area contributed by atoms with E-state index in [4.69, 9.17) is 4.74 Å². The summed E-state index contributed by atoms with van der Waals surface area (Å²) in [6.45, 7) is 5.48. The standard InChI is InChI=1S/C17H29N3O2/c1-14-12-20(9-7-17(14,21)8-10-22-4)13-15-5-6-16(18-11-15)19(2)3/h5-6,11,14,21H,7-10,12-13H2,1-4H3/t14-,17-/m1/s1. The van der Waals surface area contributed by atoms with Crippen molar-refractivity contribution >= 4 is 5.82 Å². The van der Waals surface area contributed by atoms with Gasteiger partial charge in [-0.05, 0) is 30.4 Å². The Labute approximate surface area is 133 Å². The molecule has 1 aliphatic rings. The summed E-state index contributed by atoms with van der Waals surface area (Å²) in [4.78, 5) is 8.87. The Hall–Kier alpha value is -1.17. The number of pyridine rings is 1. The van der Waals surface area contributed by atoms with Gasteiger partial charge in [0.1, 0.15) is 5.82 Å². The lowest BCUT2D eigenvalue weighted by Crippen LogP contribution is -2.51. The number of aliphatic hydroxyl groups is 1. The Kier molecular flexibility index (Phi) is 5.78. The molecule has 0 saturated carbocycles. The summed E-state index contributed by atoms with van der Waals surface area (Å²) in [6.07, 6.45) is 3.48. The quantitative estimate of drug-likeness (QED) is 0.868. The molecule has 5 heteroatoms. The number of nitrogens with zero attached hydrogens (tertiary/aromatic N) is 3. The van der Waals surface area contributed by atoms with Gasteiger partial charge in [-0.2, -0.15) is 0 Å². The second kappa shape index (κ2) is 7.40. The zero-order chi connectivity index (χ0) is 16.2. The minimum atomic E-state index is -0.584. The van der Waals surface area contributed by atoms with Gasteiger partial charge in [-0.1, -0.05) is 13.0 Å². The largest absolute Gasteiger partial charge is 0.389 e. The van der Waals surface area contributed by atoms with Gasteiger partial charge in [0.15, 0.2) is 0 Å². The third kappa shape index (κ3) is 4.18. The lowest BCUT2D eigenvalue weighted by atomic mass is 9.80. The van der Waals surface area contributed by atoms with Crippen molar-refractivity contribution in [1.29, 1.82) is 0 Å². The number of hydrogen-bond acceptors (Lipinski definition) is 5. The van der Waals surface area contributed by atoms with Crippen LogP contribution in [0.25, 0.3) is 0 Å². The molecule has 2 atom stereocenters. The number of likely N-dealkylation sites (tertiary alicyclic amines) is 1. The Morgan fingerprint density at radius 1 is 1.45 bits per heavy atom. The molecule has 1 aromatic heterocycles. The minimum absolute atomic E-state index is 0.255. The number of rotatable bonds is 6. The van der Waals surface area contributed by atoms with Crippen LogP contribution in [0.1, 0.15) is 25.3 Å². The number of anilines is 1. The molecule has 0 spiro atoms. The fraction of sp³-hybridized carbons (Fsp3) is 0.706. The molecule has 0 bridgehead atoms. The molecule has 0 aliphatic carbocycles. The third-order valence-corrected chi connectivity index (χ3v) is 4.72. The van der Waals surface area contributed by atoms with E-state index in [9.17, 15) is 5.11 Å².